The number of likely N-dealkylation sites (tertiary alicyclic amines) is 1. The summed E-state index contributed by atoms with van der Waals surface area (Å²) >= 11 is 5.05. The number of rotatable bonds is 2. The van der Waals surface area contributed by atoms with Gasteiger partial charge >= 0.3 is 0 Å². The van der Waals surface area contributed by atoms with Gasteiger partial charge in [0, 0.05) is 12.0 Å². The molecular formula is C11H20N2S. The van der Waals surface area contributed by atoms with Crippen molar-refractivity contribution >= 4 is 17.2 Å². The summed E-state index contributed by atoms with van der Waals surface area (Å²) in [6, 6.07) is 0.877. The van der Waals surface area contributed by atoms with Crippen LogP contribution < -0.4 is 5.73 Å². The summed E-state index contributed by atoms with van der Waals surface area (Å²) in [6.45, 7) is 2.43. The van der Waals surface area contributed by atoms with Crippen LogP contribution in [0.2, 0.25) is 0 Å². The van der Waals surface area contributed by atoms with E-state index >= 15 is 0 Å². The average Bonchev–Trinajstić information content (AvgIpc) is 2.71. The van der Waals surface area contributed by atoms with Gasteiger partial charge in [0.05, 0.1) is 4.99 Å². The molecule has 3 heteroatoms. The minimum absolute atomic E-state index is 0.516. The topological polar surface area (TPSA) is 29.3 Å². The summed E-state index contributed by atoms with van der Waals surface area (Å²) < 4.78 is 0. The highest BCUT2D eigenvalue weighted by Crippen LogP contribution is 2.27. The number of hydrogen-bond donors (Lipinski definition) is 1. The predicted molar refractivity (Wildman–Crippen MR) is 63.3 cm³/mol. The lowest BCUT2D eigenvalue weighted by Crippen LogP contribution is -2.42. The van der Waals surface area contributed by atoms with Crippen molar-refractivity contribution in [2.24, 2.45) is 11.7 Å². The summed E-state index contributed by atoms with van der Waals surface area (Å²) in [7, 11) is 0. The minimum Gasteiger partial charge on any atom is -0.393 e. The molecule has 0 aromatic carbocycles. The summed E-state index contributed by atoms with van der Waals surface area (Å²) in [5.74, 6) is 0.516. The molecule has 0 radical (unpaired) electrons. The molecule has 0 bridgehead atoms. The van der Waals surface area contributed by atoms with Gasteiger partial charge in [-0.3, -0.25) is 0 Å². The van der Waals surface area contributed by atoms with Crippen LogP contribution in [0.25, 0.3) is 0 Å². The van der Waals surface area contributed by atoms with Crippen LogP contribution in [0.5, 0.6) is 0 Å². The van der Waals surface area contributed by atoms with Gasteiger partial charge in [-0.2, -0.15) is 0 Å². The van der Waals surface area contributed by atoms with Crippen molar-refractivity contribution in [3.8, 4) is 0 Å². The highest BCUT2D eigenvalue weighted by molar-refractivity contribution is 7.80. The minimum atomic E-state index is 0.516. The van der Waals surface area contributed by atoms with Crippen LogP contribution in [0, 0.1) is 5.92 Å². The summed E-state index contributed by atoms with van der Waals surface area (Å²) in [6.07, 6.45) is 8.06. The Bertz CT molecular complexity index is 203. The number of thiocarbonyl (C=S) groups is 1. The van der Waals surface area contributed by atoms with Gasteiger partial charge in [-0.25, -0.2) is 0 Å². The van der Waals surface area contributed by atoms with Crippen molar-refractivity contribution in [2.45, 2.75) is 44.6 Å². The normalized spacial score (nSPS) is 26.9. The second kappa shape index (κ2) is 4.58. The van der Waals surface area contributed by atoms with Crippen LogP contribution in [0.1, 0.15) is 38.5 Å². The Morgan fingerprint density at radius 1 is 1.07 bits per heavy atom. The third-order valence-corrected chi connectivity index (χ3v) is 4.11. The van der Waals surface area contributed by atoms with E-state index in [-0.39, 0.29) is 0 Å². The van der Waals surface area contributed by atoms with Crippen LogP contribution in [0.4, 0.5) is 0 Å². The van der Waals surface area contributed by atoms with Gasteiger partial charge in [-0.15, -0.1) is 0 Å². The van der Waals surface area contributed by atoms with Gasteiger partial charge in [0.25, 0.3) is 0 Å². The van der Waals surface area contributed by atoms with E-state index in [1.807, 2.05) is 0 Å². The van der Waals surface area contributed by atoms with E-state index in [1.165, 1.54) is 51.6 Å². The zero-order valence-corrected chi connectivity index (χ0v) is 9.56. The molecule has 1 heterocycles. The lowest BCUT2D eigenvalue weighted by Gasteiger charge is -2.35. The Labute approximate surface area is 91.8 Å². The van der Waals surface area contributed by atoms with E-state index in [1.54, 1.807) is 0 Å². The van der Waals surface area contributed by atoms with E-state index < -0.39 is 0 Å². The van der Waals surface area contributed by atoms with Crippen molar-refractivity contribution in [1.82, 2.24) is 4.90 Å². The van der Waals surface area contributed by atoms with E-state index in [4.69, 9.17) is 18.0 Å². The fourth-order valence-corrected chi connectivity index (χ4v) is 3.05. The van der Waals surface area contributed by atoms with E-state index in [9.17, 15) is 0 Å². The number of nitrogens with zero attached hydrogens (tertiary/aromatic N) is 1. The Morgan fingerprint density at radius 3 is 2.14 bits per heavy atom. The van der Waals surface area contributed by atoms with Gasteiger partial charge in [0.1, 0.15) is 0 Å². The molecule has 14 heavy (non-hydrogen) atoms. The van der Waals surface area contributed by atoms with Crippen LogP contribution in [0.15, 0.2) is 0 Å². The van der Waals surface area contributed by atoms with Crippen LogP contribution in [-0.4, -0.2) is 29.0 Å². The fraction of sp³-hybridized carbons (Fsp3) is 0.909. The Balaban J connectivity index is 1.80. The predicted octanol–water partition coefficient (Wildman–Crippen LogP) is 1.93. The maximum absolute atomic E-state index is 5.68. The second-order valence-corrected chi connectivity index (χ2v) is 5.12. The molecule has 0 unspecified atom stereocenters. The number of hydrogen-bond acceptors (Lipinski definition) is 2. The molecule has 0 spiro atoms. The first-order valence-corrected chi connectivity index (χ1v) is 6.21. The zero-order chi connectivity index (χ0) is 9.97. The molecule has 2 N–H and O–H groups in total. The molecule has 0 aromatic rings. The van der Waals surface area contributed by atoms with Gasteiger partial charge in [-0.1, -0.05) is 25.1 Å². The molecule has 2 rings (SSSR count). The standard InChI is InChI=1S/C11H20N2S/c12-11(14)9-5-7-13(8-6-9)10-3-1-2-4-10/h9-10H,1-8H2,(H2,12,14). The third-order valence-electron chi connectivity index (χ3n) is 3.77. The number of piperidine rings is 1. The first-order chi connectivity index (χ1) is 6.77. The summed E-state index contributed by atoms with van der Waals surface area (Å²) in [4.78, 5) is 3.39. The van der Waals surface area contributed by atoms with Gasteiger partial charge in [0.2, 0.25) is 0 Å². The molecule has 1 aliphatic heterocycles. The fourth-order valence-electron chi connectivity index (χ4n) is 2.82. The van der Waals surface area contributed by atoms with Crippen molar-refractivity contribution in [1.29, 1.82) is 0 Å². The summed E-state index contributed by atoms with van der Waals surface area (Å²) in [5.41, 5.74) is 5.68. The quantitative estimate of drug-likeness (QED) is 0.709. The van der Waals surface area contributed by atoms with Gasteiger partial charge in [0.15, 0.2) is 0 Å². The average molecular weight is 212 g/mol. The van der Waals surface area contributed by atoms with Crippen LogP contribution >= 0.6 is 12.2 Å². The Kier molecular flexibility index (Phi) is 3.39. The molecule has 0 atom stereocenters. The molecule has 2 aliphatic rings. The lowest BCUT2D eigenvalue weighted by atomic mass is 9.95. The molecule has 2 nitrogen and oxygen atoms in total. The molecule has 0 aromatic heterocycles. The molecule has 2 fully saturated rings. The molecule has 80 valence electrons. The van der Waals surface area contributed by atoms with Crippen LogP contribution in [-0.2, 0) is 0 Å². The highest BCUT2D eigenvalue weighted by Gasteiger charge is 2.27. The molecule has 0 amide bonds. The molecule has 1 saturated heterocycles. The monoisotopic (exact) mass is 212 g/mol. The zero-order valence-electron chi connectivity index (χ0n) is 8.74. The van der Waals surface area contributed by atoms with E-state index in [0.717, 1.165) is 11.0 Å². The molecular weight excluding hydrogens is 192 g/mol. The largest absolute Gasteiger partial charge is 0.393 e. The van der Waals surface area contributed by atoms with Crippen LogP contribution in [0.3, 0.4) is 0 Å². The number of nitrogens with two attached hydrogens (primary N) is 1. The van der Waals surface area contributed by atoms with Crippen molar-refractivity contribution < 1.29 is 0 Å². The maximum atomic E-state index is 5.68. The van der Waals surface area contributed by atoms with E-state index in [2.05, 4.69) is 4.90 Å². The first-order valence-electron chi connectivity index (χ1n) is 5.81. The third kappa shape index (κ3) is 2.26. The van der Waals surface area contributed by atoms with E-state index in [0.29, 0.717) is 5.92 Å². The van der Waals surface area contributed by atoms with Crippen molar-refractivity contribution in [3.63, 3.8) is 0 Å². The lowest BCUT2D eigenvalue weighted by molar-refractivity contribution is 0.152. The van der Waals surface area contributed by atoms with Crippen molar-refractivity contribution in [3.05, 3.63) is 0 Å². The second-order valence-electron chi connectivity index (χ2n) is 4.65. The highest BCUT2D eigenvalue weighted by atomic mass is 32.1. The Hall–Kier alpha value is -0.150. The first kappa shape index (κ1) is 10.4. The van der Waals surface area contributed by atoms with Gasteiger partial charge in [-0.05, 0) is 38.8 Å². The molecule has 1 saturated carbocycles. The Morgan fingerprint density at radius 2 is 1.64 bits per heavy atom. The molecule has 1 aliphatic carbocycles. The summed E-state index contributed by atoms with van der Waals surface area (Å²) in [5, 5.41) is 0. The smallest absolute Gasteiger partial charge is 0.0759 e. The maximum Gasteiger partial charge on any atom is 0.0759 e. The SMILES string of the molecule is NC(=S)C1CCN(C2CCCC2)CC1. The van der Waals surface area contributed by atoms with Gasteiger partial charge < -0.3 is 10.6 Å². The van der Waals surface area contributed by atoms with Crippen molar-refractivity contribution in [2.75, 3.05) is 13.1 Å².